The molecule has 0 saturated heterocycles. The van der Waals surface area contributed by atoms with Crippen LogP contribution in [0.15, 0.2) is 0 Å². The highest BCUT2D eigenvalue weighted by atomic mass is 28.3. The average molecular weight is 199 g/mol. The molecule has 1 atom stereocenters. The maximum absolute atomic E-state index is 10.2. The van der Waals surface area contributed by atoms with Crippen LogP contribution in [0.4, 0.5) is 0 Å². The summed E-state index contributed by atoms with van der Waals surface area (Å²) in [4.78, 5) is 10.2. The van der Waals surface area contributed by atoms with Crippen LogP contribution in [0, 0.1) is 11.5 Å². The van der Waals surface area contributed by atoms with Crippen molar-refractivity contribution in [3.63, 3.8) is 0 Å². The third-order valence-corrected chi connectivity index (χ3v) is 2.20. The first kappa shape index (κ1) is 12.2. The number of carboxylic acid groups (broad SMARTS) is 1. The van der Waals surface area contributed by atoms with Gasteiger partial charge < -0.3 is 10.8 Å². The Balaban J connectivity index is 3.91. The molecule has 3 N–H and O–H groups in total. The summed E-state index contributed by atoms with van der Waals surface area (Å²) in [6, 6.07) is -0.289. The maximum Gasteiger partial charge on any atom is 0.303 e. The molecule has 0 amide bonds. The maximum atomic E-state index is 10.2. The molecular weight excluding hydrogens is 182 g/mol. The fraction of sp³-hybridized carbons (Fsp3) is 0.667. The third-order valence-electron chi connectivity index (χ3n) is 1.30. The zero-order valence-electron chi connectivity index (χ0n) is 8.42. The predicted molar refractivity (Wildman–Crippen MR) is 56.0 cm³/mol. The summed E-state index contributed by atoms with van der Waals surface area (Å²) in [7, 11) is -1.36. The lowest BCUT2D eigenvalue weighted by Gasteiger charge is -2.06. The Hall–Kier alpha value is -0.793. The molecule has 0 fully saturated rings. The predicted octanol–water partition coefficient (Wildman–Crippen LogP) is 1.06. The van der Waals surface area contributed by atoms with Crippen molar-refractivity contribution in [2.24, 2.45) is 5.73 Å². The van der Waals surface area contributed by atoms with Crippen LogP contribution in [0.5, 0.6) is 0 Å². The molecule has 0 aliphatic rings. The highest BCUT2D eigenvalue weighted by Crippen LogP contribution is 1.98. The SMILES string of the molecule is C[Si](C)(C)C#CC(N)CCC(=O)O. The van der Waals surface area contributed by atoms with Crippen LogP contribution in [0.1, 0.15) is 12.8 Å². The minimum atomic E-state index is -1.36. The van der Waals surface area contributed by atoms with Crippen molar-refractivity contribution in [2.75, 3.05) is 0 Å². The molecule has 74 valence electrons. The van der Waals surface area contributed by atoms with Crippen LogP contribution in [0.2, 0.25) is 19.6 Å². The van der Waals surface area contributed by atoms with E-state index >= 15 is 0 Å². The molecule has 0 heterocycles. The smallest absolute Gasteiger partial charge is 0.303 e. The Morgan fingerprint density at radius 2 is 2.08 bits per heavy atom. The molecule has 0 bridgehead atoms. The van der Waals surface area contributed by atoms with Gasteiger partial charge in [0.1, 0.15) is 8.07 Å². The molecule has 0 radical (unpaired) electrons. The molecule has 0 aromatic heterocycles. The van der Waals surface area contributed by atoms with Gasteiger partial charge in [0.25, 0.3) is 0 Å². The van der Waals surface area contributed by atoms with E-state index < -0.39 is 14.0 Å². The average Bonchev–Trinajstić information content (AvgIpc) is 1.95. The molecule has 1 unspecified atom stereocenters. The van der Waals surface area contributed by atoms with Crippen molar-refractivity contribution >= 4 is 14.0 Å². The lowest BCUT2D eigenvalue weighted by molar-refractivity contribution is -0.137. The van der Waals surface area contributed by atoms with Crippen LogP contribution < -0.4 is 5.73 Å². The molecule has 13 heavy (non-hydrogen) atoms. The summed E-state index contributed by atoms with van der Waals surface area (Å²) in [5, 5.41) is 8.40. The highest BCUT2D eigenvalue weighted by Gasteiger charge is 2.08. The molecular formula is C9H17NO2Si. The van der Waals surface area contributed by atoms with Gasteiger partial charge in [0.05, 0.1) is 6.04 Å². The number of carbonyl (C=O) groups is 1. The van der Waals surface area contributed by atoms with E-state index in [1.165, 1.54) is 0 Å². The zero-order chi connectivity index (χ0) is 10.5. The summed E-state index contributed by atoms with van der Waals surface area (Å²) in [6.45, 7) is 6.39. The number of hydrogen-bond acceptors (Lipinski definition) is 2. The largest absolute Gasteiger partial charge is 0.481 e. The Bertz CT molecular complexity index is 234. The lowest BCUT2D eigenvalue weighted by atomic mass is 10.2. The third kappa shape index (κ3) is 9.12. The van der Waals surface area contributed by atoms with Crippen molar-refractivity contribution in [1.29, 1.82) is 0 Å². The van der Waals surface area contributed by atoms with E-state index in [1.54, 1.807) is 0 Å². The van der Waals surface area contributed by atoms with E-state index in [4.69, 9.17) is 10.8 Å². The van der Waals surface area contributed by atoms with Gasteiger partial charge in [-0.1, -0.05) is 25.6 Å². The van der Waals surface area contributed by atoms with Gasteiger partial charge in [-0.05, 0) is 6.42 Å². The van der Waals surface area contributed by atoms with Crippen LogP contribution in [-0.2, 0) is 4.79 Å². The minimum Gasteiger partial charge on any atom is -0.481 e. The van der Waals surface area contributed by atoms with Gasteiger partial charge in [0.2, 0.25) is 0 Å². The van der Waals surface area contributed by atoms with Gasteiger partial charge in [-0.3, -0.25) is 4.79 Å². The second kappa shape index (κ2) is 5.05. The topological polar surface area (TPSA) is 63.3 Å². The Morgan fingerprint density at radius 1 is 1.54 bits per heavy atom. The van der Waals surface area contributed by atoms with Crippen molar-refractivity contribution in [3.05, 3.63) is 0 Å². The second-order valence-corrected chi connectivity index (χ2v) is 8.81. The summed E-state index contributed by atoms with van der Waals surface area (Å²) in [5.74, 6) is 2.09. The molecule has 0 aliphatic heterocycles. The fourth-order valence-corrected chi connectivity index (χ4v) is 1.28. The normalized spacial score (nSPS) is 12.9. The Morgan fingerprint density at radius 3 is 2.46 bits per heavy atom. The van der Waals surface area contributed by atoms with Crippen LogP contribution in [0.25, 0.3) is 0 Å². The molecule has 0 spiro atoms. The first-order chi connectivity index (χ1) is 5.81. The number of rotatable bonds is 3. The molecule has 0 aliphatic carbocycles. The molecule has 0 aromatic rings. The number of carboxylic acids is 1. The molecule has 0 rings (SSSR count). The van der Waals surface area contributed by atoms with Crippen LogP contribution in [-0.4, -0.2) is 25.2 Å². The fourth-order valence-electron chi connectivity index (χ4n) is 0.660. The standard InChI is InChI=1S/C9H17NO2Si/c1-13(2,3)7-6-8(10)4-5-9(11)12/h8H,4-5,10H2,1-3H3,(H,11,12). The van der Waals surface area contributed by atoms with E-state index in [2.05, 4.69) is 31.1 Å². The first-order valence-corrected chi connectivity index (χ1v) is 7.81. The van der Waals surface area contributed by atoms with Crippen molar-refractivity contribution in [2.45, 2.75) is 38.5 Å². The minimum absolute atomic E-state index is 0.0988. The monoisotopic (exact) mass is 199 g/mol. The summed E-state index contributed by atoms with van der Waals surface area (Å²) in [6.07, 6.45) is 0.536. The van der Waals surface area contributed by atoms with Crippen molar-refractivity contribution in [1.82, 2.24) is 0 Å². The Kier molecular flexibility index (Phi) is 4.74. The summed E-state index contributed by atoms with van der Waals surface area (Å²) >= 11 is 0. The van der Waals surface area contributed by atoms with Crippen LogP contribution >= 0.6 is 0 Å². The van der Waals surface area contributed by atoms with E-state index in [9.17, 15) is 4.79 Å². The summed E-state index contributed by atoms with van der Waals surface area (Å²) < 4.78 is 0. The van der Waals surface area contributed by atoms with Gasteiger partial charge in [-0.25, -0.2) is 0 Å². The van der Waals surface area contributed by atoms with Gasteiger partial charge in [0, 0.05) is 6.42 Å². The lowest BCUT2D eigenvalue weighted by Crippen LogP contribution is -2.22. The van der Waals surface area contributed by atoms with E-state index in [-0.39, 0.29) is 12.5 Å². The first-order valence-electron chi connectivity index (χ1n) is 4.31. The van der Waals surface area contributed by atoms with E-state index in [1.807, 2.05) is 0 Å². The second-order valence-electron chi connectivity index (χ2n) is 4.06. The van der Waals surface area contributed by atoms with Crippen molar-refractivity contribution in [3.8, 4) is 11.5 Å². The molecule has 4 heteroatoms. The van der Waals surface area contributed by atoms with Gasteiger partial charge >= 0.3 is 5.97 Å². The van der Waals surface area contributed by atoms with Crippen molar-refractivity contribution < 1.29 is 9.90 Å². The Labute approximate surface area is 80.3 Å². The van der Waals surface area contributed by atoms with E-state index in [0.29, 0.717) is 6.42 Å². The molecule has 0 aromatic carbocycles. The van der Waals surface area contributed by atoms with Gasteiger partial charge in [0.15, 0.2) is 0 Å². The number of nitrogens with two attached hydrogens (primary N) is 1. The number of hydrogen-bond donors (Lipinski definition) is 2. The zero-order valence-corrected chi connectivity index (χ0v) is 9.42. The summed E-state index contributed by atoms with van der Waals surface area (Å²) in [5.41, 5.74) is 8.73. The van der Waals surface area contributed by atoms with E-state index in [0.717, 1.165) is 0 Å². The highest BCUT2D eigenvalue weighted by molar-refractivity contribution is 6.83. The van der Waals surface area contributed by atoms with Gasteiger partial charge in [-0.2, -0.15) is 0 Å². The molecule has 3 nitrogen and oxygen atoms in total. The van der Waals surface area contributed by atoms with Gasteiger partial charge in [-0.15, -0.1) is 5.54 Å². The molecule has 0 saturated carbocycles. The van der Waals surface area contributed by atoms with Crippen LogP contribution in [0.3, 0.4) is 0 Å². The quantitative estimate of drug-likeness (QED) is 0.527. The number of aliphatic carboxylic acids is 1.